The molecule has 0 saturated heterocycles. The normalized spacial score (nSPS) is 18.4. The Morgan fingerprint density at radius 2 is 1.18 bits per heavy atom. The highest BCUT2D eigenvalue weighted by atomic mass is 79.9. The smallest absolute Gasteiger partial charge is 0.148 e. The van der Waals surface area contributed by atoms with Crippen molar-refractivity contribution < 1.29 is 23.4 Å². The van der Waals surface area contributed by atoms with Gasteiger partial charge in [0.1, 0.15) is 40.3 Å². The molecule has 0 bridgehead atoms. The maximum Gasteiger partial charge on any atom is 0.148 e. The first-order valence-corrected chi connectivity index (χ1v) is 16.3. The molecule has 5 nitrogen and oxygen atoms in total. The quantitative estimate of drug-likeness (QED) is 0.203. The van der Waals surface area contributed by atoms with E-state index in [2.05, 4.69) is 31.9 Å². The molecule has 2 fully saturated rings. The number of ether oxygens (including phenoxy) is 2. The average Bonchev–Trinajstić information content (AvgIpc) is 3.52. The van der Waals surface area contributed by atoms with E-state index in [1.54, 1.807) is 14.2 Å². The van der Waals surface area contributed by atoms with Gasteiger partial charge in [-0.25, -0.2) is 0 Å². The van der Waals surface area contributed by atoms with E-state index in [-0.39, 0.29) is 5.38 Å². The molecule has 40 heavy (non-hydrogen) atoms. The number of fused-ring (bicyclic) bond motifs is 2. The van der Waals surface area contributed by atoms with Crippen molar-refractivity contribution in [2.75, 3.05) is 14.2 Å². The summed E-state index contributed by atoms with van der Waals surface area (Å²) in [6.45, 7) is 0. The van der Waals surface area contributed by atoms with Crippen molar-refractivity contribution in [2.45, 2.75) is 75.7 Å². The first kappa shape index (κ1) is 29.8. The monoisotopic (exact) mass is 694 g/mol. The summed E-state index contributed by atoms with van der Waals surface area (Å²) < 4.78 is 24.2. The Labute approximate surface area is 257 Å². The highest BCUT2D eigenvalue weighted by molar-refractivity contribution is 9.11. The van der Waals surface area contributed by atoms with Gasteiger partial charge in [0.05, 0.1) is 28.5 Å². The van der Waals surface area contributed by atoms with Gasteiger partial charge < -0.3 is 23.4 Å². The summed E-state index contributed by atoms with van der Waals surface area (Å²) in [6.07, 6.45) is 11.6. The largest absolute Gasteiger partial charge is 0.497 e. The number of aliphatic hydroxyl groups is 1. The van der Waals surface area contributed by atoms with Crippen LogP contribution in [0.25, 0.3) is 21.9 Å². The molecule has 2 aliphatic rings. The third-order valence-electron chi connectivity index (χ3n) is 8.40. The predicted molar refractivity (Wildman–Crippen MR) is 168 cm³/mol. The molecule has 0 spiro atoms. The van der Waals surface area contributed by atoms with Gasteiger partial charge in [0.25, 0.3) is 0 Å². The van der Waals surface area contributed by atoms with E-state index in [4.69, 9.17) is 29.9 Å². The lowest BCUT2D eigenvalue weighted by Crippen LogP contribution is -2.15. The van der Waals surface area contributed by atoms with Crippen LogP contribution in [0.5, 0.6) is 11.5 Å². The van der Waals surface area contributed by atoms with Gasteiger partial charge in [-0.15, -0.1) is 11.6 Å². The second-order valence-electron chi connectivity index (χ2n) is 10.9. The van der Waals surface area contributed by atoms with E-state index in [1.807, 2.05) is 36.4 Å². The van der Waals surface area contributed by atoms with E-state index in [9.17, 15) is 5.11 Å². The van der Waals surface area contributed by atoms with Gasteiger partial charge in [0, 0.05) is 10.8 Å². The van der Waals surface area contributed by atoms with E-state index < -0.39 is 6.10 Å². The molecular weight excluding hydrogens is 660 g/mol. The van der Waals surface area contributed by atoms with Crippen LogP contribution in [0.3, 0.4) is 0 Å². The molecule has 2 aliphatic carbocycles. The molecule has 2 atom stereocenters. The molecule has 2 aromatic carbocycles. The van der Waals surface area contributed by atoms with Crippen LogP contribution in [0, 0.1) is 11.8 Å². The average molecular weight is 697 g/mol. The van der Waals surface area contributed by atoms with Crippen molar-refractivity contribution in [2.24, 2.45) is 11.8 Å². The van der Waals surface area contributed by atoms with Crippen molar-refractivity contribution in [1.82, 2.24) is 0 Å². The minimum atomic E-state index is -0.525. The van der Waals surface area contributed by atoms with E-state index in [0.717, 1.165) is 61.0 Å². The first-order chi connectivity index (χ1) is 19.4. The number of methoxy groups -OCH3 is 2. The molecule has 0 aliphatic heterocycles. The van der Waals surface area contributed by atoms with Crippen LogP contribution < -0.4 is 9.47 Å². The first-order valence-electron chi connectivity index (χ1n) is 14.2. The Morgan fingerprint density at radius 1 is 0.725 bits per heavy atom. The van der Waals surface area contributed by atoms with Crippen LogP contribution in [-0.2, 0) is 0 Å². The summed E-state index contributed by atoms with van der Waals surface area (Å²) in [5.74, 6) is 3.96. The topological polar surface area (TPSA) is 65.0 Å². The number of halogens is 3. The Kier molecular flexibility index (Phi) is 10.1. The van der Waals surface area contributed by atoms with Crippen molar-refractivity contribution in [3.63, 3.8) is 0 Å². The van der Waals surface area contributed by atoms with E-state index in [0.29, 0.717) is 17.6 Å². The summed E-state index contributed by atoms with van der Waals surface area (Å²) in [4.78, 5) is 0. The van der Waals surface area contributed by atoms with Gasteiger partial charge in [-0.05, 0) is 106 Å². The molecular formula is C32H37Br2ClO5. The van der Waals surface area contributed by atoms with Crippen LogP contribution in [0.4, 0.5) is 0 Å². The molecule has 2 saturated carbocycles. The second kappa shape index (κ2) is 13.5. The highest BCUT2D eigenvalue weighted by Crippen LogP contribution is 2.45. The zero-order valence-corrected chi connectivity index (χ0v) is 27.0. The van der Waals surface area contributed by atoms with Crippen LogP contribution >= 0.6 is 43.5 Å². The van der Waals surface area contributed by atoms with Gasteiger partial charge in [-0.2, -0.15) is 0 Å². The summed E-state index contributed by atoms with van der Waals surface area (Å²) in [5, 5.41) is 12.5. The molecule has 2 aromatic heterocycles. The number of hydrogen-bond acceptors (Lipinski definition) is 5. The molecule has 6 rings (SSSR count). The van der Waals surface area contributed by atoms with Crippen molar-refractivity contribution in [3.05, 3.63) is 56.9 Å². The molecule has 1 N–H and O–H groups in total. The van der Waals surface area contributed by atoms with Crippen LogP contribution in [0.15, 0.2) is 54.2 Å². The predicted octanol–water partition coefficient (Wildman–Crippen LogP) is 10.9. The third kappa shape index (κ3) is 6.38. The molecule has 216 valence electrons. The van der Waals surface area contributed by atoms with Crippen molar-refractivity contribution in [3.8, 4) is 11.5 Å². The lowest BCUT2D eigenvalue weighted by molar-refractivity contribution is 0.0660. The Balaban J connectivity index is 0.000000161. The fourth-order valence-corrected chi connectivity index (χ4v) is 7.86. The molecule has 2 heterocycles. The molecule has 0 radical (unpaired) electrons. The van der Waals surface area contributed by atoms with Crippen molar-refractivity contribution >= 4 is 65.4 Å². The minimum Gasteiger partial charge on any atom is -0.497 e. The zero-order valence-electron chi connectivity index (χ0n) is 23.1. The fraction of sp³-hybridized carbons (Fsp3) is 0.500. The Hall–Kier alpha value is -1.67. The Bertz CT molecular complexity index is 1310. The second-order valence-corrected chi connectivity index (χ2v) is 13.0. The third-order valence-corrected chi connectivity index (χ3v) is 10.6. The van der Waals surface area contributed by atoms with Gasteiger partial charge in [0.2, 0.25) is 0 Å². The molecule has 0 amide bonds. The molecule has 8 heteroatoms. The van der Waals surface area contributed by atoms with Gasteiger partial charge in [-0.3, -0.25) is 0 Å². The van der Waals surface area contributed by atoms with Crippen molar-refractivity contribution in [1.29, 1.82) is 0 Å². The number of alkyl halides is 1. The summed E-state index contributed by atoms with van der Waals surface area (Å²) in [6, 6.07) is 11.5. The summed E-state index contributed by atoms with van der Waals surface area (Å²) in [7, 11) is 3.31. The Morgan fingerprint density at radius 3 is 1.68 bits per heavy atom. The summed E-state index contributed by atoms with van der Waals surface area (Å²) >= 11 is 13.9. The maximum atomic E-state index is 10.6. The van der Waals surface area contributed by atoms with E-state index >= 15 is 0 Å². The number of aliphatic hydroxyl groups excluding tert-OH is 1. The van der Waals surface area contributed by atoms with Gasteiger partial charge >= 0.3 is 0 Å². The highest BCUT2D eigenvalue weighted by Gasteiger charge is 2.30. The standard InChI is InChI=1S/C16H18BrClO2.C16H19BrO3/c2*1-19-11-7-8-13-12(9-11)14(17)16(20-13)15(18)10-5-3-2-4-6-10/h7-10,15H,2-6H2,1H3;7-10,15,18H,2-6H2,1H3. The fourth-order valence-electron chi connectivity index (χ4n) is 6.06. The molecule has 4 aromatic rings. The summed E-state index contributed by atoms with van der Waals surface area (Å²) in [5.41, 5.74) is 1.64. The lowest BCUT2D eigenvalue weighted by Gasteiger charge is -2.25. The van der Waals surface area contributed by atoms with Gasteiger partial charge in [0.15, 0.2) is 0 Å². The van der Waals surface area contributed by atoms with Crippen LogP contribution in [0.1, 0.15) is 87.2 Å². The van der Waals surface area contributed by atoms with E-state index in [1.165, 1.54) is 51.4 Å². The zero-order chi connectivity index (χ0) is 28.2. The number of benzene rings is 2. The lowest BCUT2D eigenvalue weighted by atomic mass is 9.84. The maximum absolute atomic E-state index is 10.6. The van der Waals surface area contributed by atoms with Crippen LogP contribution in [0.2, 0.25) is 0 Å². The molecule has 2 unspecified atom stereocenters. The number of rotatable bonds is 6. The SMILES string of the molecule is COc1ccc2oc(C(Cl)C3CCCCC3)c(Br)c2c1.COc1ccc2oc(C(O)C3CCCCC3)c(Br)c2c1. The number of furan rings is 2. The minimum absolute atomic E-state index is 0.0527. The number of hydrogen-bond donors (Lipinski definition) is 1. The van der Waals surface area contributed by atoms with Crippen LogP contribution in [-0.4, -0.2) is 19.3 Å². The van der Waals surface area contributed by atoms with Gasteiger partial charge in [-0.1, -0.05) is 38.5 Å².